The maximum absolute atomic E-state index is 11.0. The Balaban J connectivity index is 2.83. The monoisotopic (exact) mass is 171 g/mol. The van der Waals surface area contributed by atoms with Crippen molar-refractivity contribution in [2.24, 2.45) is 5.84 Å². The fraction of sp³-hybridized carbons (Fsp3) is 0.500. The molecule has 0 aromatic heterocycles. The molecular formula is C6H9N3O3. The molecule has 1 heterocycles. The maximum Gasteiger partial charge on any atom is 0.296 e. The van der Waals surface area contributed by atoms with Gasteiger partial charge in [-0.15, -0.1) is 0 Å². The number of likely N-dealkylation sites (N-methyl/N-ethyl adjacent to an activating group) is 1. The van der Waals surface area contributed by atoms with Gasteiger partial charge in [0.15, 0.2) is 6.04 Å². The summed E-state index contributed by atoms with van der Waals surface area (Å²) >= 11 is 0. The molecule has 6 heteroatoms. The van der Waals surface area contributed by atoms with Gasteiger partial charge in [-0.2, -0.15) is 0 Å². The van der Waals surface area contributed by atoms with Gasteiger partial charge in [-0.1, -0.05) is 6.92 Å². The number of Topliss-reactive ketones (excluding diaryl/α,β-unsaturated/α-hetero) is 1. The van der Waals surface area contributed by atoms with E-state index in [9.17, 15) is 14.4 Å². The van der Waals surface area contributed by atoms with Crippen molar-refractivity contribution >= 4 is 17.6 Å². The van der Waals surface area contributed by atoms with Gasteiger partial charge in [0.1, 0.15) is 0 Å². The first kappa shape index (κ1) is 8.82. The van der Waals surface area contributed by atoms with Crippen molar-refractivity contribution in [3.8, 4) is 0 Å². The first-order chi connectivity index (χ1) is 5.57. The number of hydrogen-bond donors (Lipinski definition) is 2. The van der Waals surface area contributed by atoms with Crippen molar-refractivity contribution in [1.29, 1.82) is 0 Å². The Morgan fingerprint density at radius 3 is 2.42 bits per heavy atom. The van der Waals surface area contributed by atoms with Gasteiger partial charge in [-0.3, -0.25) is 25.5 Å². The van der Waals surface area contributed by atoms with Crippen LogP contribution in [-0.2, 0) is 14.4 Å². The molecule has 1 saturated heterocycles. The first-order valence-electron chi connectivity index (χ1n) is 3.48. The number of carbonyl (C=O) groups is 3. The van der Waals surface area contributed by atoms with Crippen molar-refractivity contribution in [3.63, 3.8) is 0 Å². The summed E-state index contributed by atoms with van der Waals surface area (Å²) in [6.45, 7) is 2.01. The standard InChI is InChI=1S/C6H9N3O3/c1-2-9(7)3-4(10)6(12)8-5(3)11/h3H,2,7H2,1H3,(H,8,11,12). The van der Waals surface area contributed by atoms with Crippen molar-refractivity contribution < 1.29 is 14.4 Å². The van der Waals surface area contributed by atoms with Crippen molar-refractivity contribution in [1.82, 2.24) is 10.3 Å². The van der Waals surface area contributed by atoms with Crippen LogP contribution in [0, 0.1) is 0 Å². The molecule has 1 fully saturated rings. The highest BCUT2D eigenvalue weighted by Crippen LogP contribution is 2.02. The molecule has 12 heavy (non-hydrogen) atoms. The number of imide groups is 1. The predicted molar refractivity (Wildman–Crippen MR) is 38.5 cm³/mol. The van der Waals surface area contributed by atoms with E-state index in [2.05, 4.69) is 0 Å². The van der Waals surface area contributed by atoms with Gasteiger partial charge in [-0.05, 0) is 0 Å². The van der Waals surface area contributed by atoms with E-state index < -0.39 is 23.6 Å². The molecule has 2 amide bonds. The molecule has 3 N–H and O–H groups in total. The molecule has 0 bridgehead atoms. The third kappa shape index (κ3) is 1.21. The topological polar surface area (TPSA) is 92.5 Å². The van der Waals surface area contributed by atoms with Crippen LogP contribution in [0.25, 0.3) is 0 Å². The predicted octanol–water partition coefficient (Wildman–Crippen LogP) is -2.22. The molecule has 6 nitrogen and oxygen atoms in total. The van der Waals surface area contributed by atoms with Crippen LogP contribution in [0.2, 0.25) is 0 Å². The lowest BCUT2D eigenvalue weighted by Gasteiger charge is -2.16. The Morgan fingerprint density at radius 1 is 1.50 bits per heavy atom. The Morgan fingerprint density at radius 2 is 2.08 bits per heavy atom. The number of hydrazine groups is 1. The average Bonchev–Trinajstić information content (AvgIpc) is 2.26. The number of hydrogen-bond acceptors (Lipinski definition) is 5. The highest BCUT2D eigenvalue weighted by atomic mass is 16.2. The molecule has 66 valence electrons. The summed E-state index contributed by atoms with van der Waals surface area (Å²) < 4.78 is 0. The summed E-state index contributed by atoms with van der Waals surface area (Å²) in [4.78, 5) is 32.5. The minimum absolute atomic E-state index is 0.330. The fourth-order valence-electron chi connectivity index (χ4n) is 0.969. The summed E-state index contributed by atoms with van der Waals surface area (Å²) in [6.07, 6.45) is 0. The highest BCUT2D eigenvalue weighted by Gasteiger charge is 2.42. The number of nitrogens with two attached hydrogens (primary N) is 1. The normalized spacial score (nSPS) is 23.6. The number of carbonyl (C=O) groups excluding carboxylic acids is 3. The van der Waals surface area contributed by atoms with E-state index in [4.69, 9.17) is 5.84 Å². The highest BCUT2D eigenvalue weighted by molar-refractivity contribution is 6.49. The molecule has 1 aliphatic heterocycles. The van der Waals surface area contributed by atoms with Gasteiger partial charge in [-0.25, -0.2) is 5.01 Å². The van der Waals surface area contributed by atoms with Crippen molar-refractivity contribution in [3.05, 3.63) is 0 Å². The minimum Gasteiger partial charge on any atom is -0.288 e. The molecule has 0 spiro atoms. The molecule has 0 saturated carbocycles. The average molecular weight is 171 g/mol. The van der Waals surface area contributed by atoms with Crippen LogP contribution >= 0.6 is 0 Å². The van der Waals surface area contributed by atoms with Gasteiger partial charge < -0.3 is 0 Å². The second kappa shape index (κ2) is 3.00. The van der Waals surface area contributed by atoms with E-state index >= 15 is 0 Å². The van der Waals surface area contributed by atoms with Crippen molar-refractivity contribution in [2.45, 2.75) is 13.0 Å². The number of nitrogens with one attached hydrogen (secondary N) is 1. The zero-order valence-corrected chi connectivity index (χ0v) is 6.53. The van der Waals surface area contributed by atoms with Gasteiger partial charge in [0.25, 0.3) is 11.8 Å². The van der Waals surface area contributed by atoms with Crippen LogP contribution in [-0.4, -0.2) is 35.2 Å². The summed E-state index contributed by atoms with van der Waals surface area (Å²) in [5.41, 5.74) is 0. The SMILES string of the molecule is CCN(N)C1C(=O)NC(=O)C1=O. The summed E-state index contributed by atoms with van der Waals surface area (Å²) in [5, 5.41) is 2.91. The third-order valence-electron chi connectivity index (χ3n) is 1.65. The van der Waals surface area contributed by atoms with E-state index in [0.29, 0.717) is 6.54 Å². The molecule has 0 aromatic carbocycles. The van der Waals surface area contributed by atoms with E-state index in [-0.39, 0.29) is 0 Å². The fourth-order valence-corrected chi connectivity index (χ4v) is 0.969. The molecule has 0 aromatic rings. The van der Waals surface area contributed by atoms with E-state index in [1.165, 1.54) is 0 Å². The minimum atomic E-state index is -1.14. The van der Waals surface area contributed by atoms with Gasteiger partial charge in [0, 0.05) is 6.54 Å². The third-order valence-corrected chi connectivity index (χ3v) is 1.65. The maximum atomic E-state index is 11.0. The zero-order valence-electron chi connectivity index (χ0n) is 6.53. The number of rotatable bonds is 2. The van der Waals surface area contributed by atoms with Crippen LogP contribution in [0.3, 0.4) is 0 Å². The Hall–Kier alpha value is -1.27. The summed E-state index contributed by atoms with van der Waals surface area (Å²) in [5.74, 6) is 3.01. The second-order valence-corrected chi connectivity index (χ2v) is 2.42. The van der Waals surface area contributed by atoms with Gasteiger partial charge in [0.2, 0.25) is 5.78 Å². The lowest BCUT2D eigenvalue weighted by molar-refractivity contribution is -0.137. The number of ketones is 1. The molecule has 0 radical (unpaired) electrons. The van der Waals surface area contributed by atoms with Gasteiger partial charge >= 0.3 is 0 Å². The van der Waals surface area contributed by atoms with Crippen LogP contribution in [0.15, 0.2) is 0 Å². The van der Waals surface area contributed by atoms with Crippen molar-refractivity contribution in [2.75, 3.05) is 6.54 Å². The van der Waals surface area contributed by atoms with Crippen LogP contribution in [0.5, 0.6) is 0 Å². The lowest BCUT2D eigenvalue weighted by Crippen LogP contribution is -2.48. The quantitative estimate of drug-likeness (QED) is 0.161. The molecular weight excluding hydrogens is 162 g/mol. The van der Waals surface area contributed by atoms with Crippen LogP contribution in [0.1, 0.15) is 6.92 Å². The smallest absolute Gasteiger partial charge is 0.288 e. The zero-order chi connectivity index (χ0) is 9.30. The largest absolute Gasteiger partial charge is 0.296 e. The second-order valence-electron chi connectivity index (χ2n) is 2.42. The first-order valence-corrected chi connectivity index (χ1v) is 3.48. The van der Waals surface area contributed by atoms with E-state index in [1.807, 2.05) is 5.32 Å². The van der Waals surface area contributed by atoms with Gasteiger partial charge in [0.05, 0.1) is 0 Å². The van der Waals surface area contributed by atoms with E-state index in [0.717, 1.165) is 5.01 Å². The van der Waals surface area contributed by atoms with Crippen LogP contribution in [0.4, 0.5) is 0 Å². The number of amides is 2. The Labute approximate surface area is 68.7 Å². The molecule has 0 aliphatic carbocycles. The molecule has 1 unspecified atom stereocenters. The van der Waals surface area contributed by atoms with E-state index in [1.54, 1.807) is 6.92 Å². The lowest BCUT2D eigenvalue weighted by atomic mass is 10.2. The number of nitrogens with zero attached hydrogens (tertiary/aromatic N) is 1. The Kier molecular flexibility index (Phi) is 2.20. The molecule has 1 atom stereocenters. The molecule has 1 aliphatic rings. The summed E-state index contributed by atoms with van der Waals surface area (Å²) in [7, 11) is 0. The molecule has 1 rings (SSSR count). The Bertz CT molecular complexity index is 250. The summed E-state index contributed by atoms with van der Waals surface area (Å²) in [6, 6.07) is -1.14. The van der Waals surface area contributed by atoms with Crippen LogP contribution < -0.4 is 11.2 Å².